The molecule has 8 heteroatoms. The van der Waals surface area contributed by atoms with Crippen LogP contribution in [0, 0.1) is 13.8 Å². The van der Waals surface area contributed by atoms with Crippen molar-refractivity contribution in [3.63, 3.8) is 0 Å². The number of rotatable bonds is 8. The van der Waals surface area contributed by atoms with Crippen LogP contribution in [-0.4, -0.2) is 17.4 Å². The average Bonchev–Trinajstić information content (AvgIpc) is 3.14. The van der Waals surface area contributed by atoms with E-state index in [0.29, 0.717) is 28.7 Å². The molecular formula is C45H58Cl4N3V-3. The van der Waals surface area contributed by atoms with E-state index >= 15 is 0 Å². The van der Waals surface area contributed by atoms with Crippen LogP contribution in [0.15, 0.2) is 46.4 Å². The van der Waals surface area contributed by atoms with Crippen LogP contribution in [0.5, 0.6) is 0 Å². The average molecular weight is 834 g/mol. The summed E-state index contributed by atoms with van der Waals surface area (Å²) in [4.78, 5) is 15.8. The van der Waals surface area contributed by atoms with E-state index in [9.17, 15) is 0 Å². The first-order valence-electron chi connectivity index (χ1n) is 20.1. The molecule has 0 N–H and O–H groups in total. The maximum Gasteiger partial charge on any atom is 0.0835 e. The van der Waals surface area contributed by atoms with E-state index in [-0.39, 0.29) is 55.8 Å². The van der Waals surface area contributed by atoms with Gasteiger partial charge in [-0.25, -0.2) is 4.98 Å². The molecule has 2 aromatic carbocycles. The fourth-order valence-corrected chi connectivity index (χ4v) is 10.0. The zero-order valence-electron chi connectivity index (χ0n) is 31.9. The summed E-state index contributed by atoms with van der Waals surface area (Å²) >= 11 is 6.80. The van der Waals surface area contributed by atoms with Crippen molar-refractivity contribution in [2.24, 2.45) is 9.98 Å². The summed E-state index contributed by atoms with van der Waals surface area (Å²) in [5.74, 6) is 2.41. The van der Waals surface area contributed by atoms with Gasteiger partial charge in [0.05, 0.1) is 35.2 Å². The molecule has 1 radical (unpaired) electrons. The van der Waals surface area contributed by atoms with Gasteiger partial charge in [0.2, 0.25) is 0 Å². The summed E-state index contributed by atoms with van der Waals surface area (Å²) in [5.41, 5.74) is 12.7. The molecule has 0 amide bonds. The third-order valence-electron chi connectivity index (χ3n) is 12.3. The molecule has 0 aliphatic heterocycles. The summed E-state index contributed by atoms with van der Waals surface area (Å²) in [7, 11) is 0. The zero-order valence-corrected chi connectivity index (χ0v) is 36.3. The molecule has 53 heavy (non-hydrogen) atoms. The van der Waals surface area contributed by atoms with Gasteiger partial charge in [0.1, 0.15) is 0 Å². The molecule has 0 atom stereocenters. The normalized spacial score (nSPS) is 19.3. The SMILES string of the molecule is Cc1cc(C2CCCCC2)c(N=Cc2cc(Cl)cc(C=Nc3c(C4CCCCC4)cc(C)cc3C3CCCCC3)n2)c(C2CCCCC2)c1.[Cl-].[Cl-].[Cl-].[V]. The molecule has 0 bridgehead atoms. The van der Waals surface area contributed by atoms with Crippen LogP contribution < -0.4 is 37.2 Å². The summed E-state index contributed by atoms with van der Waals surface area (Å²) in [6.07, 6.45) is 30.2. The third-order valence-corrected chi connectivity index (χ3v) is 12.5. The van der Waals surface area contributed by atoms with Gasteiger partial charge in [0.25, 0.3) is 0 Å². The molecule has 0 saturated heterocycles. The van der Waals surface area contributed by atoms with Gasteiger partial charge < -0.3 is 37.2 Å². The molecule has 3 nitrogen and oxygen atoms in total. The number of hydrogen-bond acceptors (Lipinski definition) is 3. The number of aromatic nitrogens is 1. The Morgan fingerprint density at radius 3 is 1.00 bits per heavy atom. The van der Waals surface area contributed by atoms with Crippen molar-refractivity contribution in [1.82, 2.24) is 4.98 Å². The van der Waals surface area contributed by atoms with Gasteiger partial charge in [-0.2, -0.15) is 0 Å². The smallest absolute Gasteiger partial charge is 0.0835 e. The topological polar surface area (TPSA) is 37.6 Å². The Hall–Kier alpha value is -1.33. The van der Waals surface area contributed by atoms with Crippen molar-refractivity contribution in [1.29, 1.82) is 0 Å². The van der Waals surface area contributed by atoms with Crippen LogP contribution in [-0.2, 0) is 18.6 Å². The van der Waals surface area contributed by atoms with Crippen molar-refractivity contribution >= 4 is 35.4 Å². The Labute approximate surface area is 356 Å². The first-order chi connectivity index (χ1) is 24.0. The van der Waals surface area contributed by atoms with Gasteiger partial charge in [-0.15, -0.1) is 0 Å². The molecule has 1 heterocycles. The van der Waals surface area contributed by atoms with E-state index in [2.05, 4.69) is 38.1 Å². The van der Waals surface area contributed by atoms with Crippen molar-refractivity contribution < 1.29 is 55.8 Å². The molecule has 4 saturated carbocycles. The van der Waals surface area contributed by atoms with Gasteiger partial charge in [0, 0.05) is 23.6 Å². The molecule has 3 aromatic rings. The van der Waals surface area contributed by atoms with Crippen LogP contribution in [0.25, 0.3) is 0 Å². The first-order valence-corrected chi connectivity index (χ1v) is 20.4. The maximum atomic E-state index is 6.80. The van der Waals surface area contributed by atoms with Gasteiger partial charge in [-0.1, -0.05) is 124 Å². The Bertz CT molecular complexity index is 1450. The van der Waals surface area contributed by atoms with Gasteiger partial charge in [-0.3, -0.25) is 9.98 Å². The summed E-state index contributed by atoms with van der Waals surface area (Å²) in [6, 6.07) is 13.7. The van der Waals surface area contributed by atoms with E-state index in [1.165, 1.54) is 173 Å². The molecule has 7 rings (SSSR count). The van der Waals surface area contributed by atoms with E-state index in [4.69, 9.17) is 26.6 Å². The van der Waals surface area contributed by atoms with Gasteiger partial charge >= 0.3 is 0 Å². The molecule has 4 fully saturated rings. The number of benzene rings is 2. The molecule has 289 valence electrons. The minimum Gasteiger partial charge on any atom is -1.00 e. The fourth-order valence-electron chi connectivity index (χ4n) is 9.80. The van der Waals surface area contributed by atoms with Crippen LogP contribution in [0.3, 0.4) is 0 Å². The first kappa shape index (κ1) is 46.1. The quantitative estimate of drug-likeness (QED) is 0.293. The fraction of sp³-hybridized carbons (Fsp3) is 0.578. The van der Waals surface area contributed by atoms with Crippen LogP contribution in [0.1, 0.15) is 197 Å². The Morgan fingerprint density at radius 2 is 0.736 bits per heavy atom. The second-order valence-electron chi connectivity index (χ2n) is 16.1. The zero-order chi connectivity index (χ0) is 33.6. The van der Waals surface area contributed by atoms with Crippen molar-refractivity contribution in [2.75, 3.05) is 0 Å². The second kappa shape index (κ2) is 22.4. The minimum absolute atomic E-state index is 0. The molecular weight excluding hydrogens is 775 g/mol. The molecule has 4 aliphatic rings. The van der Waals surface area contributed by atoms with Crippen LogP contribution in [0.2, 0.25) is 5.02 Å². The van der Waals surface area contributed by atoms with Gasteiger partial charge in [0.15, 0.2) is 0 Å². The number of aryl methyl sites for hydroxylation is 2. The van der Waals surface area contributed by atoms with Gasteiger partial charge in [-0.05, 0) is 123 Å². The third kappa shape index (κ3) is 11.8. The predicted molar refractivity (Wildman–Crippen MR) is 209 cm³/mol. The Morgan fingerprint density at radius 1 is 0.472 bits per heavy atom. The monoisotopic (exact) mass is 831 g/mol. The standard InChI is InChI=1S/C45H58ClN3.3ClH.V/c1-31-23-40(33-15-7-3-8-16-33)44(41(24-31)34-17-9-4-10-18-34)47-29-38-27-37(46)28-39(49-38)30-48-45-42(35-19-11-5-12-20-35)25-32(2)26-43(45)36-21-13-6-14-22-36;;;;/h23-30,33-36H,3-22H2,1-2H3;3*1H;/p-3. The number of nitrogens with zero attached hydrogens (tertiary/aromatic N) is 3. The minimum atomic E-state index is 0. The summed E-state index contributed by atoms with van der Waals surface area (Å²) in [6.45, 7) is 4.56. The maximum absolute atomic E-state index is 6.80. The number of pyridine rings is 1. The van der Waals surface area contributed by atoms with Crippen molar-refractivity contribution in [3.8, 4) is 0 Å². The summed E-state index contributed by atoms with van der Waals surface area (Å²) in [5, 5.41) is 0.686. The van der Waals surface area contributed by atoms with Crippen molar-refractivity contribution in [3.05, 3.63) is 86.2 Å². The molecule has 0 unspecified atom stereocenters. The Balaban J connectivity index is 0.00000189. The second-order valence-corrected chi connectivity index (χ2v) is 16.5. The van der Waals surface area contributed by atoms with Crippen LogP contribution >= 0.6 is 11.6 Å². The summed E-state index contributed by atoms with van der Waals surface area (Å²) < 4.78 is 0. The molecule has 0 spiro atoms. The number of aliphatic imine (C=N–C) groups is 2. The van der Waals surface area contributed by atoms with E-state index in [1.54, 1.807) is 0 Å². The molecule has 1 aromatic heterocycles. The largest absolute Gasteiger partial charge is 1.00 e. The number of halogens is 4. The number of hydrogen-bond donors (Lipinski definition) is 0. The molecule has 4 aliphatic carbocycles. The van der Waals surface area contributed by atoms with E-state index < -0.39 is 0 Å². The van der Waals surface area contributed by atoms with Crippen molar-refractivity contribution in [2.45, 2.75) is 166 Å². The Kier molecular flexibility index (Phi) is 19.5. The van der Waals surface area contributed by atoms with E-state index in [0.717, 1.165) is 11.4 Å². The van der Waals surface area contributed by atoms with Crippen LogP contribution in [0.4, 0.5) is 11.4 Å². The van der Waals surface area contributed by atoms with E-state index in [1.807, 2.05) is 24.6 Å². The predicted octanol–water partition coefficient (Wildman–Crippen LogP) is 5.05.